The third kappa shape index (κ3) is 1.95. The van der Waals surface area contributed by atoms with E-state index in [-0.39, 0.29) is 12.8 Å². The number of aromatic amines is 1. The minimum atomic E-state index is -2.53. The van der Waals surface area contributed by atoms with Gasteiger partial charge in [0, 0.05) is 18.2 Å². The third-order valence-corrected chi connectivity index (χ3v) is 3.22. The minimum absolute atomic E-state index is 0.0557. The predicted molar refractivity (Wildman–Crippen MR) is 62.9 cm³/mol. The van der Waals surface area contributed by atoms with Crippen molar-refractivity contribution in [2.75, 3.05) is 0 Å². The Labute approximate surface area is 97.3 Å². The number of rotatable bonds is 1. The van der Waals surface area contributed by atoms with Crippen LogP contribution in [0.15, 0.2) is 30.5 Å². The highest BCUT2D eigenvalue weighted by Crippen LogP contribution is 2.36. The molecule has 0 aliphatic heterocycles. The molecule has 2 nitrogen and oxygen atoms in total. The lowest BCUT2D eigenvalue weighted by Crippen LogP contribution is -2.18. The quantitative estimate of drug-likeness (QED) is 0.799. The summed E-state index contributed by atoms with van der Waals surface area (Å²) in [6, 6.07) is 5.90. The van der Waals surface area contributed by atoms with Crippen LogP contribution in [-0.4, -0.2) is 16.1 Å². The zero-order chi connectivity index (χ0) is 11.9. The number of nitrogens with zero attached hydrogens (tertiary/aromatic N) is 1. The number of halogens is 2. The van der Waals surface area contributed by atoms with E-state index in [1.54, 1.807) is 12.3 Å². The van der Waals surface area contributed by atoms with Crippen LogP contribution in [0.25, 0.3) is 16.5 Å². The van der Waals surface area contributed by atoms with Crippen LogP contribution < -0.4 is 0 Å². The highest BCUT2D eigenvalue weighted by molar-refractivity contribution is 5.82. The highest BCUT2D eigenvalue weighted by atomic mass is 19.3. The zero-order valence-electron chi connectivity index (χ0n) is 9.21. The van der Waals surface area contributed by atoms with Crippen molar-refractivity contribution >= 4 is 16.5 Å². The van der Waals surface area contributed by atoms with Crippen molar-refractivity contribution in [1.82, 2.24) is 10.2 Å². The summed E-state index contributed by atoms with van der Waals surface area (Å²) in [5.74, 6) is -2.53. The maximum atomic E-state index is 13.0. The fraction of sp³-hybridized carbons (Fsp3) is 0.308. The van der Waals surface area contributed by atoms with Gasteiger partial charge in [0.05, 0.1) is 11.7 Å². The molecule has 1 heterocycles. The van der Waals surface area contributed by atoms with E-state index in [1.165, 1.54) is 0 Å². The van der Waals surface area contributed by atoms with Gasteiger partial charge in [-0.15, -0.1) is 0 Å². The second-order valence-corrected chi connectivity index (χ2v) is 4.46. The van der Waals surface area contributed by atoms with Crippen molar-refractivity contribution < 1.29 is 8.78 Å². The number of aromatic nitrogens is 2. The molecule has 4 heteroatoms. The number of benzene rings is 1. The number of hydrogen-bond acceptors (Lipinski definition) is 1. The fourth-order valence-electron chi connectivity index (χ4n) is 2.19. The van der Waals surface area contributed by atoms with Gasteiger partial charge in [0.1, 0.15) is 0 Å². The highest BCUT2D eigenvalue weighted by Gasteiger charge is 2.30. The maximum absolute atomic E-state index is 13.0. The van der Waals surface area contributed by atoms with Crippen LogP contribution in [0.3, 0.4) is 0 Å². The maximum Gasteiger partial charge on any atom is 0.251 e. The molecule has 0 unspecified atom stereocenters. The van der Waals surface area contributed by atoms with Gasteiger partial charge in [-0.25, -0.2) is 8.78 Å². The van der Waals surface area contributed by atoms with Gasteiger partial charge >= 0.3 is 0 Å². The van der Waals surface area contributed by atoms with Gasteiger partial charge < -0.3 is 0 Å². The summed E-state index contributed by atoms with van der Waals surface area (Å²) in [7, 11) is 0. The SMILES string of the molecule is FC1(F)CC=C(c2ccc3cn[nH]c3c2)CC1. The van der Waals surface area contributed by atoms with E-state index >= 15 is 0 Å². The minimum Gasteiger partial charge on any atom is -0.278 e. The molecule has 0 amide bonds. The summed E-state index contributed by atoms with van der Waals surface area (Å²) < 4.78 is 26.1. The lowest BCUT2D eigenvalue weighted by atomic mass is 9.91. The number of hydrogen-bond donors (Lipinski definition) is 1. The Balaban J connectivity index is 1.96. The van der Waals surface area contributed by atoms with Crippen molar-refractivity contribution in [3.8, 4) is 0 Å². The molecule has 1 aromatic carbocycles. The Hall–Kier alpha value is -1.71. The molecule has 0 bridgehead atoms. The lowest BCUT2D eigenvalue weighted by molar-refractivity contribution is -0.00602. The number of allylic oxidation sites excluding steroid dienone is 2. The van der Waals surface area contributed by atoms with Gasteiger partial charge in [-0.2, -0.15) is 5.10 Å². The number of H-pyrrole nitrogens is 1. The molecule has 0 spiro atoms. The smallest absolute Gasteiger partial charge is 0.251 e. The van der Waals surface area contributed by atoms with Crippen molar-refractivity contribution in [1.29, 1.82) is 0 Å². The molecule has 17 heavy (non-hydrogen) atoms. The van der Waals surface area contributed by atoms with Gasteiger partial charge in [0.25, 0.3) is 5.92 Å². The topological polar surface area (TPSA) is 28.7 Å². The number of fused-ring (bicyclic) bond motifs is 1. The molecule has 0 radical (unpaired) electrons. The Morgan fingerprint density at radius 3 is 2.94 bits per heavy atom. The standard InChI is InChI=1S/C13H12F2N2/c14-13(15)5-3-9(4-6-13)10-1-2-11-8-16-17-12(11)7-10/h1-3,7-8H,4-6H2,(H,16,17). The van der Waals surface area contributed by atoms with Gasteiger partial charge in [-0.1, -0.05) is 18.2 Å². The van der Waals surface area contributed by atoms with E-state index in [0.29, 0.717) is 6.42 Å². The van der Waals surface area contributed by atoms with Crippen molar-refractivity contribution in [2.24, 2.45) is 0 Å². The molecular formula is C13H12F2N2. The summed E-state index contributed by atoms with van der Waals surface area (Å²) in [6.07, 6.45) is 3.64. The average molecular weight is 234 g/mol. The molecule has 1 aromatic heterocycles. The molecule has 88 valence electrons. The average Bonchev–Trinajstić information content (AvgIpc) is 2.76. The molecule has 1 aliphatic rings. The van der Waals surface area contributed by atoms with E-state index in [0.717, 1.165) is 22.0 Å². The van der Waals surface area contributed by atoms with Crippen LogP contribution in [0.5, 0.6) is 0 Å². The number of alkyl halides is 2. The van der Waals surface area contributed by atoms with E-state index in [2.05, 4.69) is 10.2 Å². The predicted octanol–water partition coefficient (Wildman–Crippen LogP) is 3.77. The first-order valence-electron chi connectivity index (χ1n) is 5.64. The van der Waals surface area contributed by atoms with Crippen molar-refractivity contribution in [3.05, 3.63) is 36.0 Å². The van der Waals surface area contributed by atoms with Crippen molar-refractivity contribution in [2.45, 2.75) is 25.2 Å². The first kappa shape index (κ1) is 10.4. The molecular weight excluding hydrogens is 222 g/mol. The second kappa shape index (κ2) is 3.65. The molecule has 0 fully saturated rings. The summed E-state index contributed by atoms with van der Waals surface area (Å²) in [5, 5.41) is 7.87. The molecule has 0 saturated carbocycles. The van der Waals surface area contributed by atoms with Crippen LogP contribution >= 0.6 is 0 Å². The summed E-state index contributed by atoms with van der Waals surface area (Å²) in [5.41, 5.74) is 2.96. The molecule has 1 N–H and O–H groups in total. The number of nitrogens with one attached hydrogen (secondary N) is 1. The Kier molecular flexibility index (Phi) is 2.24. The van der Waals surface area contributed by atoms with Gasteiger partial charge in [0.2, 0.25) is 0 Å². The normalized spacial score (nSPS) is 19.3. The van der Waals surface area contributed by atoms with Crippen LogP contribution in [-0.2, 0) is 0 Å². The summed E-state index contributed by atoms with van der Waals surface area (Å²) in [4.78, 5) is 0. The van der Waals surface area contributed by atoms with Gasteiger partial charge in [0.15, 0.2) is 0 Å². The largest absolute Gasteiger partial charge is 0.278 e. The van der Waals surface area contributed by atoms with E-state index in [4.69, 9.17) is 0 Å². The molecule has 0 saturated heterocycles. The monoisotopic (exact) mass is 234 g/mol. The summed E-state index contributed by atoms with van der Waals surface area (Å²) >= 11 is 0. The van der Waals surface area contributed by atoms with E-state index in [1.807, 2.05) is 18.2 Å². The lowest BCUT2D eigenvalue weighted by Gasteiger charge is -2.21. The first-order valence-corrected chi connectivity index (χ1v) is 5.64. The Morgan fingerprint density at radius 1 is 1.29 bits per heavy atom. The summed E-state index contributed by atoms with van der Waals surface area (Å²) in [6.45, 7) is 0. The molecule has 2 aromatic rings. The molecule has 0 atom stereocenters. The molecule has 1 aliphatic carbocycles. The third-order valence-electron chi connectivity index (χ3n) is 3.22. The van der Waals surface area contributed by atoms with Gasteiger partial charge in [-0.3, -0.25) is 5.10 Å². The van der Waals surface area contributed by atoms with E-state index < -0.39 is 5.92 Å². The Morgan fingerprint density at radius 2 is 2.18 bits per heavy atom. The van der Waals surface area contributed by atoms with Crippen molar-refractivity contribution in [3.63, 3.8) is 0 Å². The first-order chi connectivity index (χ1) is 8.14. The Bertz CT molecular complexity index is 584. The fourth-order valence-corrected chi connectivity index (χ4v) is 2.19. The van der Waals surface area contributed by atoms with Crippen LogP contribution in [0.1, 0.15) is 24.8 Å². The van der Waals surface area contributed by atoms with Crippen LogP contribution in [0.4, 0.5) is 8.78 Å². The second-order valence-electron chi connectivity index (χ2n) is 4.46. The van der Waals surface area contributed by atoms with Gasteiger partial charge in [-0.05, 0) is 23.6 Å². The van der Waals surface area contributed by atoms with E-state index in [9.17, 15) is 8.78 Å². The van der Waals surface area contributed by atoms with Crippen LogP contribution in [0.2, 0.25) is 0 Å². The molecule has 3 rings (SSSR count). The van der Waals surface area contributed by atoms with Crippen LogP contribution in [0, 0.1) is 0 Å². The zero-order valence-corrected chi connectivity index (χ0v) is 9.21.